The van der Waals surface area contributed by atoms with E-state index in [9.17, 15) is 0 Å². The number of thioether (sulfide) groups is 1. The first kappa shape index (κ1) is 9.57. The SMILES string of the molecule is CC(C)(C)C1CCC2N=CSC2C1. The summed E-state index contributed by atoms with van der Waals surface area (Å²) in [5.74, 6) is 0.906. The number of fused-ring (bicyclic) bond motifs is 1. The molecule has 1 nitrogen and oxygen atoms in total. The van der Waals surface area contributed by atoms with Gasteiger partial charge in [0.25, 0.3) is 0 Å². The Balaban J connectivity index is 1.99. The molecule has 2 heteroatoms. The summed E-state index contributed by atoms with van der Waals surface area (Å²) < 4.78 is 0. The van der Waals surface area contributed by atoms with Crippen molar-refractivity contribution < 1.29 is 0 Å². The molecule has 1 heterocycles. The number of hydrogen-bond acceptors (Lipinski definition) is 2. The predicted octanol–water partition coefficient (Wildman–Crippen LogP) is 3.34. The van der Waals surface area contributed by atoms with Gasteiger partial charge >= 0.3 is 0 Å². The third kappa shape index (κ3) is 1.93. The van der Waals surface area contributed by atoms with Gasteiger partial charge in [-0.2, -0.15) is 0 Å². The van der Waals surface area contributed by atoms with Crippen molar-refractivity contribution >= 4 is 17.3 Å². The Hall–Kier alpha value is 0.0200. The van der Waals surface area contributed by atoms with Crippen molar-refractivity contribution in [2.75, 3.05) is 0 Å². The zero-order valence-electron chi connectivity index (χ0n) is 8.79. The molecule has 0 spiro atoms. The van der Waals surface area contributed by atoms with Crippen LogP contribution in [0.4, 0.5) is 0 Å². The molecule has 0 aromatic heterocycles. The Morgan fingerprint density at radius 1 is 1.31 bits per heavy atom. The molecule has 0 bridgehead atoms. The van der Waals surface area contributed by atoms with Crippen LogP contribution < -0.4 is 0 Å². The van der Waals surface area contributed by atoms with Crippen LogP contribution in [0.25, 0.3) is 0 Å². The van der Waals surface area contributed by atoms with Crippen LogP contribution in [-0.2, 0) is 0 Å². The average molecular weight is 197 g/mol. The highest BCUT2D eigenvalue weighted by atomic mass is 32.2. The maximum atomic E-state index is 4.51. The lowest BCUT2D eigenvalue weighted by atomic mass is 9.71. The molecule has 1 saturated carbocycles. The van der Waals surface area contributed by atoms with E-state index in [-0.39, 0.29) is 0 Å². The topological polar surface area (TPSA) is 12.4 Å². The molecule has 0 N–H and O–H groups in total. The minimum Gasteiger partial charge on any atom is -0.282 e. The summed E-state index contributed by atoms with van der Waals surface area (Å²) in [6.07, 6.45) is 4.07. The Morgan fingerprint density at radius 2 is 2.08 bits per heavy atom. The molecule has 3 atom stereocenters. The zero-order valence-corrected chi connectivity index (χ0v) is 9.60. The summed E-state index contributed by atoms with van der Waals surface area (Å²) in [6.45, 7) is 7.12. The quantitative estimate of drug-likeness (QED) is 0.580. The molecule has 0 saturated heterocycles. The van der Waals surface area contributed by atoms with E-state index in [1.54, 1.807) is 0 Å². The number of nitrogens with zero attached hydrogens (tertiary/aromatic N) is 1. The van der Waals surface area contributed by atoms with E-state index in [2.05, 4.69) is 31.3 Å². The van der Waals surface area contributed by atoms with Crippen molar-refractivity contribution in [2.45, 2.75) is 51.3 Å². The van der Waals surface area contributed by atoms with Gasteiger partial charge in [0, 0.05) is 5.25 Å². The van der Waals surface area contributed by atoms with E-state index in [0.717, 1.165) is 11.2 Å². The number of rotatable bonds is 0. The van der Waals surface area contributed by atoms with Gasteiger partial charge in [-0.05, 0) is 30.6 Å². The van der Waals surface area contributed by atoms with Crippen molar-refractivity contribution in [1.29, 1.82) is 0 Å². The second kappa shape index (κ2) is 3.30. The highest BCUT2D eigenvalue weighted by Crippen LogP contribution is 2.43. The van der Waals surface area contributed by atoms with Gasteiger partial charge in [0.1, 0.15) is 0 Å². The molecule has 1 aliphatic heterocycles. The Bertz CT molecular complexity index is 217. The fourth-order valence-corrected chi connectivity index (χ4v) is 3.52. The van der Waals surface area contributed by atoms with Crippen LogP contribution in [0.15, 0.2) is 4.99 Å². The molecule has 2 aliphatic rings. The van der Waals surface area contributed by atoms with Crippen molar-refractivity contribution in [3.63, 3.8) is 0 Å². The predicted molar refractivity (Wildman–Crippen MR) is 60.5 cm³/mol. The minimum atomic E-state index is 0.494. The molecule has 13 heavy (non-hydrogen) atoms. The zero-order chi connectivity index (χ0) is 9.47. The van der Waals surface area contributed by atoms with Crippen LogP contribution in [0.3, 0.4) is 0 Å². The van der Waals surface area contributed by atoms with E-state index >= 15 is 0 Å². The molecule has 0 aromatic rings. The molecule has 0 radical (unpaired) electrons. The summed E-state index contributed by atoms with van der Waals surface area (Å²) in [7, 11) is 0. The first-order valence-corrected chi connectivity index (χ1v) is 6.19. The fourth-order valence-electron chi connectivity index (χ4n) is 2.41. The summed E-state index contributed by atoms with van der Waals surface area (Å²) in [5.41, 5.74) is 2.56. The summed E-state index contributed by atoms with van der Waals surface area (Å²) in [6, 6.07) is 0.656. The van der Waals surface area contributed by atoms with Gasteiger partial charge in [0.05, 0.1) is 11.6 Å². The lowest BCUT2D eigenvalue weighted by Gasteiger charge is -2.38. The van der Waals surface area contributed by atoms with Gasteiger partial charge in [-0.3, -0.25) is 4.99 Å². The molecule has 3 unspecified atom stereocenters. The molecule has 2 rings (SSSR count). The molecule has 1 aliphatic carbocycles. The van der Waals surface area contributed by atoms with Crippen molar-refractivity contribution in [3.8, 4) is 0 Å². The van der Waals surface area contributed by atoms with Crippen LogP contribution in [0.2, 0.25) is 0 Å². The van der Waals surface area contributed by atoms with E-state index in [1.165, 1.54) is 19.3 Å². The lowest BCUT2D eigenvalue weighted by Crippen LogP contribution is -2.33. The normalized spacial score (nSPS) is 39.2. The van der Waals surface area contributed by atoms with Crippen molar-refractivity contribution in [1.82, 2.24) is 0 Å². The van der Waals surface area contributed by atoms with Gasteiger partial charge < -0.3 is 0 Å². The molecule has 0 amide bonds. The second-order valence-corrected chi connectivity index (χ2v) is 6.46. The van der Waals surface area contributed by atoms with Crippen LogP contribution in [-0.4, -0.2) is 16.8 Å². The van der Waals surface area contributed by atoms with Crippen LogP contribution in [0.1, 0.15) is 40.0 Å². The first-order chi connectivity index (χ1) is 6.07. The standard InChI is InChI=1S/C11H19NS/c1-11(2,3)8-4-5-9-10(6-8)13-7-12-9/h7-10H,4-6H2,1-3H3. The van der Waals surface area contributed by atoms with Gasteiger partial charge in [-0.1, -0.05) is 20.8 Å². The lowest BCUT2D eigenvalue weighted by molar-refractivity contribution is 0.175. The van der Waals surface area contributed by atoms with Gasteiger partial charge in [0.15, 0.2) is 0 Å². The Kier molecular flexibility index (Phi) is 2.43. The molecule has 74 valence electrons. The van der Waals surface area contributed by atoms with E-state index in [4.69, 9.17) is 0 Å². The van der Waals surface area contributed by atoms with Crippen LogP contribution in [0, 0.1) is 11.3 Å². The average Bonchev–Trinajstić information content (AvgIpc) is 2.47. The third-order valence-corrected chi connectivity index (χ3v) is 4.57. The van der Waals surface area contributed by atoms with Crippen molar-refractivity contribution in [2.24, 2.45) is 16.3 Å². The number of hydrogen-bond donors (Lipinski definition) is 0. The van der Waals surface area contributed by atoms with E-state index in [1.807, 2.05) is 11.8 Å². The molecule has 0 aromatic carbocycles. The van der Waals surface area contributed by atoms with Crippen LogP contribution in [0.5, 0.6) is 0 Å². The van der Waals surface area contributed by atoms with E-state index < -0.39 is 0 Å². The monoisotopic (exact) mass is 197 g/mol. The van der Waals surface area contributed by atoms with Crippen molar-refractivity contribution in [3.05, 3.63) is 0 Å². The fraction of sp³-hybridized carbons (Fsp3) is 0.909. The Labute approximate surface area is 85.4 Å². The highest BCUT2D eigenvalue weighted by molar-refractivity contribution is 8.12. The smallest absolute Gasteiger partial charge is 0.0628 e. The molecule has 1 fully saturated rings. The summed E-state index contributed by atoms with van der Waals surface area (Å²) in [4.78, 5) is 4.51. The van der Waals surface area contributed by atoms with Gasteiger partial charge in [-0.15, -0.1) is 11.8 Å². The third-order valence-electron chi connectivity index (χ3n) is 3.47. The Morgan fingerprint density at radius 3 is 2.77 bits per heavy atom. The minimum absolute atomic E-state index is 0.494. The van der Waals surface area contributed by atoms with Gasteiger partial charge in [-0.25, -0.2) is 0 Å². The number of aliphatic imine (C=N–C) groups is 1. The van der Waals surface area contributed by atoms with Crippen LogP contribution >= 0.6 is 11.8 Å². The first-order valence-electron chi connectivity index (χ1n) is 5.24. The highest BCUT2D eigenvalue weighted by Gasteiger charge is 2.37. The van der Waals surface area contributed by atoms with Gasteiger partial charge in [0.2, 0.25) is 0 Å². The maximum absolute atomic E-state index is 4.51. The largest absolute Gasteiger partial charge is 0.282 e. The maximum Gasteiger partial charge on any atom is 0.0628 e. The second-order valence-electron chi connectivity index (χ2n) is 5.37. The summed E-state index contributed by atoms with van der Waals surface area (Å²) in [5, 5.41) is 0.804. The molecular formula is C11H19NS. The van der Waals surface area contributed by atoms with E-state index in [0.29, 0.717) is 11.5 Å². The molecular weight excluding hydrogens is 178 g/mol. The summed E-state index contributed by atoms with van der Waals surface area (Å²) >= 11 is 1.95.